The zero-order valence-electron chi connectivity index (χ0n) is 14.3. The number of aliphatic hydroxyl groups is 1. The van der Waals surface area contributed by atoms with Crippen molar-refractivity contribution < 1.29 is 9.84 Å². The minimum absolute atomic E-state index is 0.502. The van der Waals surface area contributed by atoms with Crippen molar-refractivity contribution >= 4 is 15.9 Å². The Bertz CT molecular complexity index is 829. The van der Waals surface area contributed by atoms with E-state index in [0.717, 1.165) is 32.7 Å². The summed E-state index contributed by atoms with van der Waals surface area (Å²) in [6.45, 7) is 2.48. The SMILES string of the molecule is Cc1nn(C)c(CC(O)c2ccc(OCc3ccccc3)cc2)c1Br. The number of hydrogen-bond donors (Lipinski definition) is 1. The maximum absolute atomic E-state index is 10.5. The Balaban J connectivity index is 1.63. The Morgan fingerprint density at radius 3 is 2.40 bits per heavy atom. The average Bonchev–Trinajstić information content (AvgIpc) is 2.87. The summed E-state index contributed by atoms with van der Waals surface area (Å²) in [5, 5.41) is 14.9. The van der Waals surface area contributed by atoms with Crippen molar-refractivity contribution in [2.75, 3.05) is 0 Å². The van der Waals surface area contributed by atoms with E-state index >= 15 is 0 Å². The zero-order chi connectivity index (χ0) is 17.8. The predicted molar refractivity (Wildman–Crippen MR) is 102 cm³/mol. The molecule has 0 bridgehead atoms. The molecule has 0 aliphatic carbocycles. The molecule has 1 N–H and O–H groups in total. The standard InChI is InChI=1S/C20H21BrN2O2/c1-14-20(21)18(23(2)22-14)12-19(24)16-8-10-17(11-9-16)25-13-15-6-4-3-5-7-15/h3-11,19,24H,12-13H2,1-2H3. The Morgan fingerprint density at radius 1 is 1.12 bits per heavy atom. The molecule has 0 fully saturated rings. The molecule has 0 aliphatic rings. The molecule has 4 nitrogen and oxygen atoms in total. The van der Waals surface area contributed by atoms with Crippen LogP contribution in [0.25, 0.3) is 0 Å². The summed E-state index contributed by atoms with van der Waals surface area (Å²) in [6, 6.07) is 17.6. The van der Waals surface area contributed by atoms with Gasteiger partial charge in [-0.15, -0.1) is 0 Å². The van der Waals surface area contributed by atoms with E-state index in [9.17, 15) is 5.11 Å². The summed E-state index contributed by atoms with van der Waals surface area (Å²) in [6.07, 6.45) is -0.0865. The van der Waals surface area contributed by atoms with E-state index in [1.165, 1.54) is 0 Å². The van der Waals surface area contributed by atoms with Crippen LogP contribution in [0.3, 0.4) is 0 Å². The van der Waals surface area contributed by atoms with Crippen LogP contribution in [0, 0.1) is 6.92 Å². The number of halogens is 1. The summed E-state index contributed by atoms with van der Waals surface area (Å²) < 4.78 is 8.54. The van der Waals surface area contributed by atoms with Crippen molar-refractivity contribution in [3.8, 4) is 5.75 Å². The van der Waals surface area contributed by atoms with Crippen molar-refractivity contribution in [3.05, 3.63) is 81.6 Å². The lowest BCUT2D eigenvalue weighted by molar-refractivity contribution is 0.175. The van der Waals surface area contributed by atoms with E-state index in [2.05, 4.69) is 21.0 Å². The Labute approximate surface area is 156 Å². The van der Waals surface area contributed by atoms with Gasteiger partial charge in [0.2, 0.25) is 0 Å². The van der Waals surface area contributed by atoms with Crippen molar-refractivity contribution in [2.24, 2.45) is 7.05 Å². The van der Waals surface area contributed by atoms with Crippen LogP contribution >= 0.6 is 15.9 Å². The van der Waals surface area contributed by atoms with Crippen LogP contribution in [0.2, 0.25) is 0 Å². The lowest BCUT2D eigenvalue weighted by Crippen LogP contribution is -2.07. The number of hydrogen-bond acceptors (Lipinski definition) is 3. The van der Waals surface area contributed by atoms with Gasteiger partial charge in [0.15, 0.2) is 0 Å². The highest BCUT2D eigenvalue weighted by molar-refractivity contribution is 9.10. The molecule has 0 saturated carbocycles. The minimum Gasteiger partial charge on any atom is -0.489 e. The number of ether oxygens (including phenoxy) is 1. The molecule has 0 radical (unpaired) electrons. The predicted octanol–water partition coefficient (Wildman–Crippen LogP) is 4.35. The van der Waals surface area contributed by atoms with Crippen molar-refractivity contribution in [3.63, 3.8) is 0 Å². The molecule has 0 aliphatic heterocycles. The molecule has 1 atom stereocenters. The van der Waals surface area contributed by atoms with Gasteiger partial charge in [-0.1, -0.05) is 42.5 Å². The largest absolute Gasteiger partial charge is 0.489 e. The molecule has 0 amide bonds. The van der Waals surface area contributed by atoms with Gasteiger partial charge in [0.05, 0.1) is 22.0 Å². The number of benzene rings is 2. The van der Waals surface area contributed by atoms with Crippen molar-refractivity contribution in [1.82, 2.24) is 9.78 Å². The van der Waals surface area contributed by atoms with Gasteiger partial charge in [-0.2, -0.15) is 5.10 Å². The van der Waals surface area contributed by atoms with Gasteiger partial charge in [-0.3, -0.25) is 4.68 Å². The van der Waals surface area contributed by atoms with Crippen LogP contribution in [-0.2, 0) is 20.1 Å². The lowest BCUT2D eigenvalue weighted by Gasteiger charge is -2.13. The van der Waals surface area contributed by atoms with Gasteiger partial charge < -0.3 is 9.84 Å². The second kappa shape index (κ2) is 7.85. The van der Waals surface area contributed by atoms with E-state index < -0.39 is 6.10 Å². The summed E-state index contributed by atoms with van der Waals surface area (Å²) in [5.74, 6) is 0.789. The van der Waals surface area contributed by atoms with E-state index in [0.29, 0.717) is 13.0 Å². The van der Waals surface area contributed by atoms with E-state index in [1.807, 2.05) is 68.6 Å². The minimum atomic E-state index is -0.589. The maximum atomic E-state index is 10.5. The fourth-order valence-corrected chi connectivity index (χ4v) is 3.23. The summed E-state index contributed by atoms with van der Waals surface area (Å²) in [7, 11) is 1.89. The van der Waals surface area contributed by atoms with Crippen LogP contribution in [0.15, 0.2) is 59.1 Å². The smallest absolute Gasteiger partial charge is 0.119 e. The Kier molecular flexibility index (Phi) is 5.56. The Morgan fingerprint density at radius 2 is 1.80 bits per heavy atom. The molecule has 3 rings (SSSR count). The summed E-state index contributed by atoms with van der Waals surface area (Å²) >= 11 is 3.54. The highest BCUT2D eigenvalue weighted by Gasteiger charge is 2.16. The molecule has 1 aromatic heterocycles. The number of nitrogens with zero attached hydrogens (tertiary/aromatic N) is 2. The number of aryl methyl sites for hydroxylation is 2. The summed E-state index contributed by atoms with van der Waals surface area (Å²) in [4.78, 5) is 0. The van der Waals surface area contributed by atoms with Crippen LogP contribution in [0.4, 0.5) is 0 Å². The molecular weight excluding hydrogens is 380 g/mol. The second-order valence-electron chi connectivity index (χ2n) is 6.03. The first-order valence-electron chi connectivity index (χ1n) is 8.17. The molecule has 130 valence electrons. The fourth-order valence-electron chi connectivity index (χ4n) is 2.73. The third kappa shape index (κ3) is 4.30. The third-order valence-electron chi connectivity index (χ3n) is 4.16. The number of aliphatic hydroxyl groups excluding tert-OH is 1. The monoisotopic (exact) mass is 400 g/mol. The van der Waals surface area contributed by atoms with Crippen molar-refractivity contribution in [2.45, 2.75) is 26.1 Å². The second-order valence-corrected chi connectivity index (χ2v) is 6.83. The van der Waals surface area contributed by atoms with Crippen LogP contribution in [0.5, 0.6) is 5.75 Å². The topological polar surface area (TPSA) is 47.3 Å². The number of rotatable bonds is 6. The number of aromatic nitrogens is 2. The normalized spacial score (nSPS) is 12.2. The highest BCUT2D eigenvalue weighted by Crippen LogP contribution is 2.27. The molecule has 0 spiro atoms. The van der Waals surface area contributed by atoms with Crippen LogP contribution in [-0.4, -0.2) is 14.9 Å². The zero-order valence-corrected chi connectivity index (χ0v) is 15.9. The molecule has 2 aromatic carbocycles. The average molecular weight is 401 g/mol. The fraction of sp³-hybridized carbons (Fsp3) is 0.250. The molecule has 25 heavy (non-hydrogen) atoms. The summed E-state index contributed by atoms with van der Waals surface area (Å²) in [5.41, 5.74) is 3.89. The van der Waals surface area contributed by atoms with Crippen molar-refractivity contribution in [1.29, 1.82) is 0 Å². The van der Waals surface area contributed by atoms with Crippen LogP contribution < -0.4 is 4.74 Å². The molecule has 0 saturated heterocycles. The van der Waals surface area contributed by atoms with Gasteiger partial charge in [-0.05, 0) is 46.1 Å². The van der Waals surface area contributed by atoms with E-state index in [4.69, 9.17) is 4.74 Å². The molecule has 5 heteroatoms. The van der Waals surface area contributed by atoms with Gasteiger partial charge in [0, 0.05) is 13.5 Å². The maximum Gasteiger partial charge on any atom is 0.119 e. The quantitative estimate of drug-likeness (QED) is 0.668. The lowest BCUT2D eigenvalue weighted by atomic mass is 10.0. The molecule has 1 unspecified atom stereocenters. The third-order valence-corrected chi connectivity index (χ3v) is 5.19. The van der Waals surface area contributed by atoms with Gasteiger partial charge in [-0.25, -0.2) is 0 Å². The molecule has 3 aromatic rings. The Hall–Kier alpha value is -2.11. The van der Waals surface area contributed by atoms with Crippen LogP contribution in [0.1, 0.15) is 28.6 Å². The van der Waals surface area contributed by atoms with Gasteiger partial charge in [0.25, 0.3) is 0 Å². The van der Waals surface area contributed by atoms with Gasteiger partial charge in [0.1, 0.15) is 12.4 Å². The first kappa shape index (κ1) is 17.7. The van der Waals surface area contributed by atoms with E-state index in [-0.39, 0.29) is 0 Å². The molecular formula is C20H21BrN2O2. The van der Waals surface area contributed by atoms with Gasteiger partial charge >= 0.3 is 0 Å². The first-order valence-corrected chi connectivity index (χ1v) is 8.96. The first-order chi connectivity index (χ1) is 12.0. The molecule has 1 heterocycles. The van der Waals surface area contributed by atoms with E-state index in [1.54, 1.807) is 4.68 Å². The highest BCUT2D eigenvalue weighted by atomic mass is 79.9.